The van der Waals surface area contributed by atoms with E-state index in [0.717, 1.165) is 16.8 Å². The van der Waals surface area contributed by atoms with Gasteiger partial charge in [0.15, 0.2) is 0 Å². The SMILES string of the molecule is O=C(CNC(=O)c1ccccc1Br)N/N=C\c1cn[nH]c1-c1ccccc1. The molecule has 8 heteroatoms. The Bertz CT molecular complexity index is 969. The molecular formula is C19H16BrN5O2. The lowest BCUT2D eigenvalue weighted by Crippen LogP contribution is -2.35. The molecule has 3 rings (SSSR count). The Hall–Kier alpha value is -3.26. The third-order valence-electron chi connectivity index (χ3n) is 3.65. The van der Waals surface area contributed by atoms with Crippen molar-refractivity contribution in [1.29, 1.82) is 0 Å². The van der Waals surface area contributed by atoms with Crippen LogP contribution in [0.3, 0.4) is 0 Å². The molecule has 0 atom stereocenters. The molecule has 0 aliphatic rings. The van der Waals surface area contributed by atoms with Gasteiger partial charge in [0.25, 0.3) is 11.8 Å². The van der Waals surface area contributed by atoms with Gasteiger partial charge >= 0.3 is 0 Å². The van der Waals surface area contributed by atoms with Crippen molar-refractivity contribution in [3.63, 3.8) is 0 Å². The van der Waals surface area contributed by atoms with Crippen molar-refractivity contribution in [3.05, 3.63) is 76.4 Å². The molecule has 3 N–H and O–H groups in total. The number of aromatic amines is 1. The molecule has 2 aromatic carbocycles. The highest BCUT2D eigenvalue weighted by molar-refractivity contribution is 9.10. The van der Waals surface area contributed by atoms with Crippen molar-refractivity contribution >= 4 is 34.0 Å². The van der Waals surface area contributed by atoms with Crippen molar-refractivity contribution in [2.24, 2.45) is 5.10 Å². The Morgan fingerprint density at radius 3 is 2.63 bits per heavy atom. The standard InChI is InChI=1S/C19H16BrN5O2/c20-16-9-5-4-8-15(16)19(27)21-12-17(26)24-22-10-14-11-23-25-18(14)13-6-2-1-3-7-13/h1-11H,12H2,(H,21,27)(H,23,25)(H,24,26)/b22-10-. The zero-order valence-electron chi connectivity index (χ0n) is 14.1. The number of rotatable bonds is 6. The molecule has 0 bridgehead atoms. The van der Waals surface area contributed by atoms with Crippen LogP contribution in [0.4, 0.5) is 0 Å². The molecule has 0 aliphatic carbocycles. The van der Waals surface area contributed by atoms with Crippen LogP contribution in [0.25, 0.3) is 11.3 Å². The van der Waals surface area contributed by atoms with E-state index in [-0.39, 0.29) is 12.5 Å². The van der Waals surface area contributed by atoms with Crippen LogP contribution in [-0.4, -0.2) is 34.8 Å². The summed E-state index contributed by atoms with van der Waals surface area (Å²) in [5, 5.41) is 13.4. The van der Waals surface area contributed by atoms with E-state index in [4.69, 9.17) is 0 Å². The summed E-state index contributed by atoms with van der Waals surface area (Å²) in [6.45, 7) is -0.186. The zero-order chi connectivity index (χ0) is 19.1. The van der Waals surface area contributed by atoms with Gasteiger partial charge in [-0.05, 0) is 28.1 Å². The van der Waals surface area contributed by atoms with Crippen molar-refractivity contribution in [3.8, 4) is 11.3 Å². The molecule has 1 heterocycles. The van der Waals surface area contributed by atoms with E-state index in [9.17, 15) is 9.59 Å². The minimum Gasteiger partial charge on any atom is -0.343 e. The maximum atomic E-state index is 12.1. The molecular weight excluding hydrogens is 410 g/mol. The Balaban J connectivity index is 1.54. The topological polar surface area (TPSA) is 99.2 Å². The maximum Gasteiger partial charge on any atom is 0.259 e. The highest BCUT2D eigenvalue weighted by Crippen LogP contribution is 2.19. The van der Waals surface area contributed by atoms with Gasteiger partial charge in [0.1, 0.15) is 0 Å². The summed E-state index contributed by atoms with van der Waals surface area (Å²) in [5.74, 6) is -0.779. The van der Waals surface area contributed by atoms with Crippen molar-refractivity contribution < 1.29 is 9.59 Å². The van der Waals surface area contributed by atoms with E-state index < -0.39 is 5.91 Å². The highest BCUT2D eigenvalue weighted by Gasteiger charge is 2.10. The predicted molar refractivity (Wildman–Crippen MR) is 106 cm³/mol. The highest BCUT2D eigenvalue weighted by atomic mass is 79.9. The fraction of sp³-hybridized carbons (Fsp3) is 0.0526. The Morgan fingerprint density at radius 1 is 1.11 bits per heavy atom. The second-order valence-corrected chi connectivity index (χ2v) is 6.38. The lowest BCUT2D eigenvalue weighted by atomic mass is 10.1. The van der Waals surface area contributed by atoms with Gasteiger partial charge < -0.3 is 5.32 Å². The van der Waals surface area contributed by atoms with Crippen LogP contribution in [-0.2, 0) is 4.79 Å². The van der Waals surface area contributed by atoms with Crippen LogP contribution in [0.15, 0.2) is 70.4 Å². The number of hydrazone groups is 1. The van der Waals surface area contributed by atoms with Crippen molar-refractivity contribution in [1.82, 2.24) is 20.9 Å². The molecule has 136 valence electrons. The minimum atomic E-state index is -0.434. The number of halogens is 1. The lowest BCUT2D eigenvalue weighted by molar-refractivity contribution is -0.120. The van der Waals surface area contributed by atoms with Gasteiger partial charge in [0, 0.05) is 15.6 Å². The Labute approximate surface area is 164 Å². The van der Waals surface area contributed by atoms with Crippen LogP contribution in [0.5, 0.6) is 0 Å². The van der Waals surface area contributed by atoms with Gasteiger partial charge in [0.2, 0.25) is 0 Å². The molecule has 0 saturated carbocycles. The van der Waals surface area contributed by atoms with E-state index in [1.54, 1.807) is 24.4 Å². The van der Waals surface area contributed by atoms with Gasteiger partial charge in [-0.2, -0.15) is 10.2 Å². The number of hydrogen-bond acceptors (Lipinski definition) is 4. The monoisotopic (exact) mass is 425 g/mol. The molecule has 7 nitrogen and oxygen atoms in total. The number of H-pyrrole nitrogens is 1. The summed E-state index contributed by atoms with van der Waals surface area (Å²) in [5.41, 5.74) is 5.34. The van der Waals surface area contributed by atoms with Crippen molar-refractivity contribution in [2.45, 2.75) is 0 Å². The number of hydrogen-bond donors (Lipinski definition) is 3. The molecule has 3 aromatic rings. The normalized spacial score (nSPS) is 10.7. The Morgan fingerprint density at radius 2 is 1.85 bits per heavy atom. The number of carbonyl (C=O) groups is 2. The van der Waals surface area contributed by atoms with Crippen LogP contribution < -0.4 is 10.7 Å². The summed E-state index contributed by atoms with van der Waals surface area (Å²) < 4.78 is 0.661. The van der Waals surface area contributed by atoms with Gasteiger partial charge in [0.05, 0.1) is 30.2 Å². The van der Waals surface area contributed by atoms with E-state index in [0.29, 0.717) is 10.0 Å². The zero-order valence-corrected chi connectivity index (χ0v) is 15.7. The summed E-state index contributed by atoms with van der Waals surface area (Å²) in [4.78, 5) is 23.9. The van der Waals surface area contributed by atoms with Gasteiger partial charge in [-0.3, -0.25) is 14.7 Å². The first-order chi connectivity index (χ1) is 13.1. The summed E-state index contributed by atoms with van der Waals surface area (Å²) in [7, 11) is 0. The molecule has 0 saturated heterocycles. The molecule has 0 unspecified atom stereocenters. The fourth-order valence-corrected chi connectivity index (χ4v) is 2.81. The molecule has 0 radical (unpaired) electrons. The van der Waals surface area contributed by atoms with E-state index in [1.165, 1.54) is 6.21 Å². The third-order valence-corrected chi connectivity index (χ3v) is 4.34. The summed E-state index contributed by atoms with van der Waals surface area (Å²) >= 11 is 3.30. The largest absolute Gasteiger partial charge is 0.343 e. The lowest BCUT2D eigenvalue weighted by Gasteiger charge is -2.05. The molecule has 0 aliphatic heterocycles. The first kappa shape index (κ1) is 18.5. The van der Waals surface area contributed by atoms with Gasteiger partial charge in [-0.1, -0.05) is 42.5 Å². The van der Waals surface area contributed by atoms with Crippen LogP contribution in [0.1, 0.15) is 15.9 Å². The first-order valence-corrected chi connectivity index (χ1v) is 8.88. The minimum absolute atomic E-state index is 0.186. The van der Waals surface area contributed by atoms with Crippen LogP contribution >= 0.6 is 15.9 Å². The third kappa shape index (κ3) is 4.89. The molecule has 27 heavy (non-hydrogen) atoms. The number of amides is 2. The van der Waals surface area contributed by atoms with E-state index in [1.807, 2.05) is 36.4 Å². The number of nitrogens with one attached hydrogen (secondary N) is 3. The number of carbonyl (C=O) groups excluding carboxylic acids is 2. The van der Waals surface area contributed by atoms with Gasteiger partial charge in [-0.15, -0.1) is 0 Å². The fourth-order valence-electron chi connectivity index (χ4n) is 2.34. The first-order valence-electron chi connectivity index (χ1n) is 8.08. The summed E-state index contributed by atoms with van der Waals surface area (Å²) in [6, 6.07) is 16.6. The molecule has 1 aromatic heterocycles. The predicted octanol–water partition coefficient (Wildman–Crippen LogP) is 2.72. The number of nitrogens with zero attached hydrogens (tertiary/aromatic N) is 2. The van der Waals surface area contributed by atoms with E-state index in [2.05, 4.69) is 42.0 Å². The average Bonchev–Trinajstić information content (AvgIpc) is 3.16. The molecule has 0 spiro atoms. The number of benzene rings is 2. The molecule has 2 amide bonds. The Kier molecular flexibility index (Phi) is 6.11. The van der Waals surface area contributed by atoms with E-state index >= 15 is 0 Å². The smallest absolute Gasteiger partial charge is 0.259 e. The second-order valence-electron chi connectivity index (χ2n) is 5.52. The number of aromatic nitrogens is 2. The van der Waals surface area contributed by atoms with Crippen LogP contribution in [0, 0.1) is 0 Å². The maximum absolute atomic E-state index is 12.1. The second kappa shape index (κ2) is 8.91. The van der Waals surface area contributed by atoms with Crippen molar-refractivity contribution in [2.75, 3.05) is 6.54 Å². The van der Waals surface area contributed by atoms with Crippen LogP contribution in [0.2, 0.25) is 0 Å². The average molecular weight is 426 g/mol. The van der Waals surface area contributed by atoms with Gasteiger partial charge in [-0.25, -0.2) is 5.43 Å². The summed E-state index contributed by atoms with van der Waals surface area (Å²) in [6.07, 6.45) is 3.12. The molecule has 0 fully saturated rings. The quantitative estimate of drug-likeness (QED) is 0.418.